The highest BCUT2D eigenvalue weighted by Crippen LogP contribution is 2.19. The van der Waals surface area contributed by atoms with E-state index in [1.165, 1.54) is 0 Å². The smallest absolute Gasteiger partial charge is 0.410 e. The number of likely N-dealkylation sites (tertiary alicyclic amines) is 1. The Labute approximate surface area is 114 Å². The number of rotatable bonds is 3. The third-order valence-corrected chi connectivity index (χ3v) is 2.89. The average molecular weight is 269 g/mol. The molecule has 0 aliphatic carbocycles. The highest BCUT2D eigenvalue weighted by molar-refractivity contribution is 5.81. The van der Waals surface area contributed by atoms with E-state index in [0.29, 0.717) is 25.6 Å². The normalized spacial score (nSPS) is 16.9. The zero-order valence-electron chi connectivity index (χ0n) is 12.0. The highest BCUT2D eigenvalue weighted by Gasteiger charge is 2.27. The Morgan fingerprint density at radius 2 is 1.89 bits per heavy atom. The number of nitrogens with zero attached hydrogens (tertiary/aromatic N) is 1. The van der Waals surface area contributed by atoms with E-state index < -0.39 is 11.6 Å². The van der Waals surface area contributed by atoms with Gasteiger partial charge in [0.15, 0.2) is 0 Å². The summed E-state index contributed by atoms with van der Waals surface area (Å²) in [6.07, 6.45) is 2.54. The van der Waals surface area contributed by atoms with Crippen molar-refractivity contribution in [3.63, 3.8) is 0 Å². The lowest BCUT2D eigenvalue weighted by atomic mass is 9.98. The highest BCUT2D eigenvalue weighted by atomic mass is 16.6. The van der Waals surface area contributed by atoms with Crippen molar-refractivity contribution < 1.29 is 19.1 Å². The molecule has 0 bridgehead atoms. The van der Waals surface area contributed by atoms with Crippen LogP contribution in [0.3, 0.4) is 0 Å². The van der Waals surface area contributed by atoms with Crippen molar-refractivity contribution in [3.05, 3.63) is 12.7 Å². The van der Waals surface area contributed by atoms with Gasteiger partial charge in [-0.3, -0.25) is 0 Å². The van der Waals surface area contributed by atoms with Gasteiger partial charge < -0.3 is 14.4 Å². The summed E-state index contributed by atoms with van der Waals surface area (Å²) >= 11 is 0. The van der Waals surface area contributed by atoms with Crippen LogP contribution in [0.15, 0.2) is 12.7 Å². The Balaban J connectivity index is 2.30. The number of piperidine rings is 1. The molecule has 108 valence electrons. The van der Waals surface area contributed by atoms with Gasteiger partial charge in [-0.2, -0.15) is 0 Å². The molecule has 0 unspecified atom stereocenters. The van der Waals surface area contributed by atoms with Crippen molar-refractivity contribution in [2.45, 2.75) is 39.2 Å². The summed E-state index contributed by atoms with van der Waals surface area (Å²) in [5.41, 5.74) is -0.465. The number of carbonyl (C=O) groups excluding carboxylic acids is 2. The van der Waals surface area contributed by atoms with Gasteiger partial charge in [0, 0.05) is 19.2 Å². The van der Waals surface area contributed by atoms with Crippen LogP contribution in [0.1, 0.15) is 33.6 Å². The molecule has 5 heteroatoms. The van der Waals surface area contributed by atoms with E-state index >= 15 is 0 Å². The standard InChI is InChI=1S/C14H23NO4/c1-5-12(16)18-10-11-6-8-15(9-7-11)13(17)19-14(2,3)4/h5,11H,1,6-10H2,2-4H3. The van der Waals surface area contributed by atoms with E-state index in [1.807, 2.05) is 20.8 Å². The summed E-state index contributed by atoms with van der Waals surface area (Å²) in [7, 11) is 0. The van der Waals surface area contributed by atoms with Gasteiger partial charge in [0.05, 0.1) is 6.61 Å². The first-order chi connectivity index (χ1) is 8.81. The minimum Gasteiger partial charge on any atom is -0.462 e. The lowest BCUT2D eigenvalue weighted by molar-refractivity contribution is -0.139. The Bertz CT molecular complexity index is 338. The summed E-state index contributed by atoms with van der Waals surface area (Å²) < 4.78 is 10.3. The number of amides is 1. The molecule has 0 radical (unpaired) electrons. The van der Waals surface area contributed by atoms with Crippen molar-refractivity contribution in [1.82, 2.24) is 4.90 Å². The molecule has 0 atom stereocenters. The van der Waals surface area contributed by atoms with Crippen LogP contribution >= 0.6 is 0 Å². The lowest BCUT2D eigenvalue weighted by Gasteiger charge is -2.33. The second-order valence-corrected chi connectivity index (χ2v) is 5.74. The minimum atomic E-state index is -0.465. The van der Waals surface area contributed by atoms with Gasteiger partial charge in [-0.1, -0.05) is 6.58 Å². The SMILES string of the molecule is C=CC(=O)OCC1CCN(C(=O)OC(C)(C)C)CC1. The number of esters is 1. The van der Waals surface area contributed by atoms with Crippen LogP contribution in [-0.2, 0) is 14.3 Å². The van der Waals surface area contributed by atoms with Crippen molar-refractivity contribution in [2.75, 3.05) is 19.7 Å². The van der Waals surface area contributed by atoms with E-state index in [4.69, 9.17) is 9.47 Å². The average Bonchev–Trinajstić information content (AvgIpc) is 2.34. The molecular weight excluding hydrogens is 246 g/mol. The number of ether oxygens (including phenoxy) is 2. The monoisotopic (exact) mass is 269 g/mol. The maximum Gasteiger partial charge on any atom is 0.410 e. The topological polar surface area (TPSA) is 55.8 Å². The zero-order chi connectivity index (χ0) is 14.5. The van der Waals surface area contributed by atoms with Crippen LogP contribution < -0.4 is 0 Å². The molecular formula is C14H23NO4. The van der Waals surface area contributed by atoms with Crippen LogP contribution in [0.5, 0.6) is 0 Å². The fourth-order valence-corrected chi connectivity index (χ4v) is 1.87. The predicted molar refractivity (Wildman–Crippen MR) is 71.7 cm³/mol. The summed E-state index contributed by atoms with van der Waals surface area (Å²) in [6.45, 7) is 10.6. The van der Waals surface area contributed by atoms with Crippen molar-refractivity contribution in [2.24, 2.45) is 5.92 Å². The van der Waals surface area contributed by atoms with Gasteiger partial charge in [-0.05, 0) is 39.5 Å². The van der Waals surface area contributed by atoms with Crippen molar-refractivity contribution in [3.8, 4) is 0 Å². The second-order valence-electron chi connectivity index (χ2n) is 5.74. The number of hydrogen-bond donors (Lipinski definition) is 0. The molecule has 1 fully saturated rings. The fourth-order valence-electron chi connectivity index (χ4n) is 1.87. The second kappa shape index (κ2) is 6.59. The molecule has 0 saturated carbocycles. The first kappa shape index (κ1) is 15.5. The molecule has 0 spiro atoms. The minimum absolute atomic E-state index is 0.269. The van der Waals surface area contributed by atoms with Gasteiger partial charge in [-0.15, -0.1) is 0 Å². The molecule has 0 aromatic carbocycles. The van der Waals surface area contributed by atoms with Crippen LogP contribution in [0.2, 0.25) is 0 Å². The van der Waals surface area contributed by atoms with E-state index in [9.17, 15) is 9.59 Å². The summed E-state index contributed by atoms with van der Waals surface area (Å²) in [4.78, 5) is 24.5. The lowest BCUT2D eigenvalue weighted by Crippen LogP contribution is -2.42. The molecule has 1 saturated heterocycles. The van der Waals surface area contributed by atoms with E-state index in [-0.39, 0.29) is 6.09 Å². The van der Waals surface area contributed by atoms with Crippen LogP contribution in [0.25, 0.3) is 0 Å². The maximum absolute atomic E-state index is 11.8. The first-order valence-corrected chi connectivity index (χ1v) is 6.59. The Hall–Kier alpha value is -1.52. The maximum atomic E-state index is 11.8. The Morgan fingerprint density at radius 1 is 1.32 bits per heavy atom. The van der Waals surface area contributed by atoms with Gasteiger partial charge in [0.1, 0.15) is 5.60 Å². The summed E-state index contributed by atoms with van der Waals surface area (Å²) in [6, 6.07) is 0. The summed E-state index contributed by atoms with van der Waals surface area (Å²) in [5, 5.41) is 0. The zero-order valence-corrected chi connectivity index (χ0v) is 12.0. The molecule has 19 heavy (non-hydrogen) atoms. The third-order valence-electron chi connectivity index (χ3n) is 2.89. The van der Waals surface area contributed by atoms with E-state index in [2.05, 4.69) is 6.58 Å². The van der Waals surface area contributed by atoms with Gasteiger partial charge in [0.2, 0.25) is 0 Å². The molecule has 0 N–H and O–H groups in total. The van der Waals surface area contributed by atoms with Crippen LogP contribution in [0.4, 0.5) is 4.79 Å². The molecule has 1 amide bonds. The van der Waals surface area contributed by atoms with Crippen molar-refractivity contribution >= 4 is 12.1 Å². The van der Waals surface area contributed by atoms with Gasteiger partial charge in [-0.25, -0.2) is 9.59 Å². The van der Waals surface area contributed by atoms with E-state index in [0.717, 1.165) is 18.9 Å². The molecule has 1 rings (SSSR count). The van der Waals surface area contributed by atoms with Gasteiger partial charge >= 0.3 is 12.1 Å². The largest absolute Gasteiger partial charge is 0.462 e. The third kappa shape index (κ3) is 5.77. The quantitative estimate of drug-likeness (QED) is 0.583. The predicted octanol–water partition coefficient (Wildman–Crippen LogP) is 2.36. The molecule has 5 nitrogen and oxygen atoms in total. The van der Waals surface area contributed by atoms with Crippen molar-refractivity contribution in [1.29, 1.82) is 0 Å². The fraction of sp³-hybridized carbons (Fsp3) is 0.714. The molecule has 1 aliphatic rings. The number of carbonyl (C=O) groups is 2. The molecule has 0 aromatic heterocycles. The van der Waals surface area contributed by atoms with Crippen LogP contribution in [0, 0.1) is 5.92 Å². The summed E-state index contributed by atoms with van der Waals surface area (Å²) in [5.74, 6) is -0.0860. The number of hydrogen-bond acceptors (Lipinski definition) is 4. The first-order valence-electron chi connectivity index (χ1n) is 6.59. The molecule has 1 heterocycles. The van der Waals surface area contributed by atoms with Crippen LogP contribution in [-0.4, -0.2) is 42.3 Å². The van der Waals surface area contributed by atoms with E-state index in [1.54, 1.807) is 4.90 Å². The molecule has 0 aromatic rings. The Morgan fingerprint density at radius 3 is 2.37 bits per heavy atom. The Kier molecular flexibility index (Phi) is 5.39. The molecule has 1 aliphatic heterocycles. The van der Waals surface area contributed by atoms with Gasteiger partial charge in [0.25, 0.3) is 0 Å².